The van der Waals surface area contributed by atoms with Crippen molar-refractivity contribution in [3.8, 4) is 0 Å². The monoisotopic (exact) mass is 240 g/mol. The van der Waals surface area contributed by atoms with Gasteiger partial charge in [0.05, 0.1) is 6.10 Å². The quantitative estimate of drug-likeness (QED) is 0.803. The van der Waals surface area contributed by atoms with Gasteiger partial charge in [-0.3, -0.25) is 0 Å². The Kier molecular flexibility index (Phi) is 5.30. The zero-order chi connectivity index (χ0) is 12.1. The van der Waals surface area contributed by atoms with E-state index in [1.165, 1.54) is 0 Å². The molecular formula is C14H21ClO. The molecule has 0 saturated heterocycles. The minimum absolute atomic E-state index is 0.386. The minimum Gasteiger partial charge on any atom is -0.388 e. The summed E-state index contributed by atoms with van der Waals surface area (Å²) in [6.45, 7) is 6.31. The van der Waals surface area contributed by atoms with Crippen LogP contribution in [0.3, 0.4) is 0 Å². The van der Waals surface area contributed by atoms with Crippen LogP contribution in [0.2, 0.25) is 5.02 Å². The van der Waals surface area contributed by atoms with Crippen LogP contribution >= 0.6 is 11.6 Å². The Morgan fingerprint density at radius 1 is 1.25 bits per heavy atom. The van der Waals surface area contributed by atoms with Crippen LogP contribution in [0.25, 0.3) is 0 Å². The number of hydrogen-bond acceptors (Lipinski definition) is 1. The van der Waals surface area contributed by atoms with E-state index in [4.69, 9.17) is 11.6 Å². The first-order valence-corrected chi connectivity index (χ1v) is 6.40. The van der Waals surface area contributed by atoms with Crippen molar-refractivity contribution in [3.63, 3.8) is 0 Å². The second kappa shape index (κ2) is 6.27. The maximum Gasteiger partial charge on any atom is 0.0793 e. The maximum absolute atomic E-state index is 10.1. The first-order chi connectivity index (χ1) is 7.58. The van der Waals surface area contributed by atoms with Gasteiger partial charge in [-0.05, 0) is 36.5 Å². The third-order valence-corrected chi connectivity index (χ3v) is 3.70. The first kappa shape index (κ1) is 13.5. The molecule has 0 heterocycles. The van der Waals surface area contributed by atoms with Gasteiger partial charge in [-0.25, -0.2) is 0 Å². The molecule has 0 aliphatic carbocycles. The summed E-state index contributed by atoms with van der Waals surface area (Å²) in [7, 11) is 0. The van der Waals surface area contributed by atoms with Gasteiger partial charge in [0.15, 0.2) is 0 Å². The molecule has 1 atom stereocenters. The molecule has 1 rings (SSSR count). The average molecular weight is 241 g/mol. The summed E-state index contributed by atoms with van der Waals surface area (Å²) in [4.78, 5) is 0. The average Bonchev–Trinajstić information content (AvgIpc) is 2.29. The van der Waals surface area contributed by atoms with Gasteiger partial charge in [-0.2, -0.15) is 0 Å². The number of benzene rings is 1. The Morgan fingerprint density at radius 3 is 2.38 bits per heavy atom. The smallest absolute Gasteiger partial charge is 0.0793 e. The molecule has 1 N–H and O–H groups in total. The SMILES string of the molecule is CCC(CC)CC(O)c1ccc(C)c(Cl)c1. The molecule has 2 heteroatoms. The van der Waals surface area contributed by atoms with E-state index >= 15 is 0 Å². The second-order valence-corrected chi connectivity index (χ2v) is 4.85. The van der Waals surface area contributed by atoms with E-state index in [1.54, 1.807) is 0 Å². The van der Waals surface area contributed by atoms with Gasteiger partial charge >= 0.3 is 0 Å². The molecule has 0 saturated carbocycles. The molecule has 0 bridgehead atoms. The first-order valence-electron chi connectivity index (χ1n) is 6.02. The highest BCUT2D eigenvalue weighted by atomic mass is 35.5. The van der Waals surface area contributed by atoms with Crippen LogP contribution in [-0.2, 0) is 0 Å². The van der Waals surface area contributed by atoms with E-state index in [0.717, 1.165) is 35.4 Å². The lowest BCUT2D eigenvalue weighted by molar-refractivity contribution is 0.141. The zero-order valence-corrected chi connectivity index (χ0v) is 11.1. The molecular weight excluding hydrogens is 220 g/mol. The third-order valence-electron chi connectivity index (χ3n) is 3.29. The Morgan fingerprint density at radius 2 is 1.88 bits per heavy atom. The highest BCUT2D eigenvalue weighted by Crippen LogP contribution is 2.27. The number of hydrogen-bond donors (Lipinski definition) is 1. The van der Waals surface area contributed by atoms with Gasteiger partial charge in [0.2, 0.25) is 0 Å². The molecule has 1 nitrogen and oxygen atoms in total. The van der Waals surface area contributed by atoms with Crippen LogP contribution in [0.1, 0.15) is 50.3 Å². The molecule has 16 heavy (non-hydrogen) atoms. The van der Waals surface area contributed by atoms with E-state index < -0.39 is 0 Å². The van der Waals surface area contributed by atoms with Crippen LogP contribution in [0.5, 0.6) is 0 Å². The fourth-order valence-corrected chi connectivity index (χ4v) is 2.08. The minimum atomic E-state index is -0.386. The van der Waals surface area contributed by atoms with Crippen molar-refractivity contribution in [3.05, 3.63) is 34.3 Å². The molecule has 0 aliphatic heterocycles. The van der Waals surface area contributed by atoms with Gasteiger partial charge in [-0.1, -0.05) is 50.4 Å². The summed E-state index contributed by atoms with van der Waals surface area (Å²) in [5.74, 6) is 0.593. The Hall–Kier alpha value is -0.530. The fraction of sp³-hybridized carbons (Fsp3) is 0.571. The van der Waals surface area contributed by atoms with Crippen molar-refractivity contribution < 1.29 is 5.11 Å². The summed E-state index contributed by atoms with van der Waals surface area (Å²) in [6, 6.07) is 5.81. The molecule has 1 aromatic carbocycles. The third kappa shape index (κ3) is 3.50. The van der Waals surface area contributed by atoms with Crippen LogP contribution in [-0.4, -0.2) is 5.11 Å². The lowest BCUT2D eigenvalue weighted by Gasteiger charge is -2.18. The van der Waals surface area contributed by atoms with Crippen LogP contribution in [0.15, 0.2) is 18.2 Å². The van der Waals surface area contributed by atoms with E-state index in [0.29, 0.717) is 5.92 Å². The van der Waals surface area contributed by atoms with E-state index in [1.807, 2.05) is 25.1 Å². The highest BCUT2D eigenvalue weighted by molar-refractivity contribution is 6.31. The number of aliphatic hydroxyl groups excluding tert-OH is 1. The van der Waals surface area contributed by atoms with Crippen molar-refractivity contribution >= 4 is 11.6 Å². The van der Waals surface area contributed by atoms with Gasteiger partial charge in [0, 0.05) is 5.02 Å². The molecule has 0 amide bonds. The normalized spacial score (nSPS) is 13.1. The summed E-state index contributed by atoms with van der Waals surface area (Å²) in [6.07, 6.45) is 2.68. The Bertz CT molecular complexity index is 332. The van der Waals surface area contributed by atoms with Crippen molar-refractivity contribution in [2.45, 2.75) is 46.1 Å². The lowest BCUT2D eigenvalue weighted by atomic mass is 9.92. The molecule has 0 aromatic heterocycles. The van der Waals surface area contributed by atoms with Crippen LogP contribution in [0.4, 0.5) is 0 Å². The van der Waals surface area contributed by atoms with E-state index in [2.05, 4.69) is 13.8 Å². The predicted molar refractivity (Wildman–Crippen MR) is 69.8 cm³/mol. The Balaban J connectivity index is 2.72. The van der Waals surface area contributed by atoms with Gasteiger partial charge in [-0.15, -0.1) is 0 Å². The number of halogens is 1. The number of aryl methyl sites for hydroxylation is 1. The predicted octanol–water partition coefficient (Wildman–Crippen LogP) is 4.51. The standard InChI is InChI=1S/C14H21ClO/c1-4-11(5-2)8-14(16)12-7-6-10(3)13(15)9-12/h6-7,9,11,14,16H,4-5,8H2,1-3H3. The molecule has 1 aromatic rings. The molecule has 0 aliphatic rings. The molecule has 0 fully saturated rings. The highest BCUT2D eigenvalue weighted by Gasteiger charge is 2.13. The second-order valence-electron chi connectivity index (χ2n) is 4.44. The summed E-state index contributed by atoms with van der Waals surface area (Å²) in [5.41, 5.74) is 1.99. The topological polar surface area (TPSA) is 20.2 Å². The summed E-state index contributed by atoms with van der Waals surface area (Å²) in [5, 5.41) is 10.8. The van der Waals surface area contributed by atoms with Gasteiger partial charge < -0.3 is 5.11 Å². The van der Waals surface area contributed by atoms with Crippen molar-refractivity contribution in [2.24, 2.45) is 5.92 Å². The van der Waals surface area contributed by atoms with Crippen LogP contribution in [0, 0.1) is 12.8 Å². The van der Waals surface area contributed by atoms with E-state index in [9.17, 15) is 5.11 Å². The van der Waals surface area contributed by atoms with Crippen molar-refractivity contribution in [1.29, 1.82) is 0 Å². The van der Waals surface area contributed by atoms with E-state index in [-0.39, 0.29) is 6.10 Å². The zero-order valence-electron chi connectivity index (χ0n) is 10.3. The molecule has 1 unspecified atom stereocenters. The number of rotatable bonds is 5. The lowest BCUT2D eigenvalue weighted by Crippen LogP contribution is -2.06. The molecule has 0 spiro atoms. The van der Waals surface area contributed by atoms with Gasteiger partial charge in [0.1, 0.15) is 0 Å². The summed E-state index contributed by atoms with van der Waals surface area (Å²) >= 11 is 6.05. The summed E-state index contributed by atoms with van der Waals surface area (Å²) < 4.78 is 0. The fourth-order valence-electron chi connectivity index (χ4n) is 1.89. The van der Waals surface area contributed by atoms with Crippen LogP contribution < -0.4 is 0 Å². The molecule has 0 radical (unpaired) electrons. The van der Waals surface area contributed by atoms with Crippen molar-refractivity contribution in [2.75, 3.05) is 0 Å². The Labute approximate surface area is 103 Å². The van der Waals surface area contributed by atoms with Crippen molar-refractivity contribution in [1.82, 2.24) is 0 Å². The maximum atomic E-state index is 10.1. The largest absolute Gasteiger partial charge is 0.388 e. The molecule has 90 valence electrons. The van der Waals surface area contributed by atoms with Gasteiger partial charge in [0.25, 0.3) is 0 Å². The number of aliphatic hydroxyl groups is 1.